The van der Waals surface area contributed by atoms with Crippen LogP contribution < -0.4 is 10.6 Å². The number of ketones is 1. The minimum absolute atomic E-state index is 0.0834. The van der Waals surface area contributed by atoms with E-state index in [9.17, 15) is 29.4 Å². The number of carbonyl (C=O) groups excluding carboxylic acids is 3. The van der Waals surface area contributed by atoms with Crippen molar-refractivity contribution in [2.75, 3.05) is 6.54 Å². The standard InChI is InChI=1S/C30H47N3O7/c1-17(2)23(32-26(39)40-27(4,5)6)24(36)33-30-14-19(30)13-29(30,25(37)38)11-9-10-12-31-18(3)22-20(34)15-28(7,8)16-21(22)35/h17,19,23,34H,9-16H2,1-8H3,(H,32,39)(H,33,36)(H,37,38)/t19?,23-,29-,30?/m0/s1. The number of rotatable bonds is 11. The van der Waals surface area contributed by atoms with Crippen LogP contribution in [0.2, 0.25) is 0 Å². The summed E-state index contributed by atoms with van der Waals surface area (Å²) in [5.41, 5.74) is -2.04. The molecule has 3 aliphatic carbocycles. The highest BCUT2D eigenvalue weighted by Gasteiger charge is 2.79. The highest BCUT2D eigenvalue weighted by molar-refractivity contribution is 6.22. The maximum absolute atomic E-state index is 13.3. The number of aliphatic carboxylic acids is 1. The molecular weight excluding hydrogens is 514 g/mol. The second kappa shape index (κ2) is 11.2. The first-order valence-corrected chi connectivity index (χ1v) is 14.4. The van der Waals surface area contributed by atoms with E-state index in [4.69, 9.17) is 4.74 Å². The van der Waals surface area contributed by atoms with Gasteiger partial charge in [0.25, 0.3) is 0 Å². The second-order valence-corrected chi connectivity index (χ2v) is 14.0. The number of nitrogens with one attached hydrogen (secondary N) is 2. The van der Waals surface area contributed by atoms with Crippen molar-refractivity contribution in [1.82, 2.24) is 10.6 Å². The number of ether oxygens (including phenoxy) is 1. The van der Waals surface area contributed by atoms with E-state index >= 15 is 0 Å². The fourth-order valence-electron chi connectivity index (χ4n) is 6.45. The molecule has 3 aliphatic rings. The summed E-state index contributed by atoms with van der Waals surface area (Å²) in [5, 5.41) is 26.3. The number of hydrogen-bond donors (Lipinski definition) is 4. The minimum atomic E-state index is -1.06. The number of aliphatic imine (C=N–C) groups is 1. The number of nitrogens with zero attached hydrogens (tertiary/aromatic N) is 1. The van der Waals surface area contributed by atoms with Crippen LogP contribution in [0.1, 0.15) is 100 Å². The number of fused-ring (bicyclic) bond motifs is 1. The Balaban J connectivity index is 1.61. The molecule has 2 fully saturated rings. The quantitative estimate of drug-likeness (QED) is 0.210. The molecule has 0 aromatic rings. The molecule has 4 atom stereocenters. The lowest BCUT2D eigenvalue weighted by atomic mass is 9.61. The van der Waals surface area contributed by atoms with Crippen LogP contribution in [0.3, 0.4) is 0 Å². The van der Waals surface area contributed by atoms with Crippen LogP contribution >= 0.6 is 0 Å². The van der Waals surface area contributed by atoms with E-state index in [2.05, 4.69) is 15.6 Å². The predicted molar refractivity (Wildman–Crippen MR) is 151 cm³/mol. The van der Waals surface area contributed by atoms with Crippen LogP contribution in [0.15, 0.2) is 16.3 Å². The molecule has 0 aromatic carbocycles. The summed E-state index contributed by atoms with van der Waals surface area (Å²) in [6.07, 6.45) is 2.80. The molecule has 224 valence electrons. The number of hydrogen-bond acceptors (Lipinski definition) is 7. The van der Waals surface area contributed by atoms with Gasteiger partial charge in [-0.1, -0.05) is 34.1 Å². The highest BCUT2D eigenvalue weighted by Crippen LogP contribution is 2.72. The topological polar surface area (TPSA) is 154 Å². The number of aliphatic hydroxyl groups is 1. The Labute approximate surface area is 237 Å². The Hall–Kier alpha value is -2.91. The zero-order valence-corrected chi connectivity index (χ0v) is 25.3. The molecule has 0 spiro atoms. The first-order chi connectivity index (χ1) is 18.3. The van der Waals surface area contributed by atoms with Crippen molar-refractivity contribution in [2.24, 2.45) is 27.7 Å². The molecule has 10 heteroatoms. The molecule has 0 heterocycles. The van der Waals surface area contributed by atoms with Gasteiger partial charge in [0.2, 0.25) is 5.91 Å². The van der Waals surface area contributed by atoms with E-state index < -0.39 is 40.6 Å². The van der Waals surface area contributed by atoms with Crippen LogP contribution in [-0.2, 0) is 19.1 Å². The van der Waals surface area contributed by atoms with Crippen molar-refractivity contribution in [3.8, 4) is 0 Å². The van der Waals surface area contributed by atoms with Crippen molar-refractivity contribution in [1.29, 1.82) is 0 Å². The molecule has 0 saturated heterocycles. The van der Waals surface area contributed by atoms with Gasteiger partial charge in [0.05, 0.1) is 16.5 Å². The summed E-state index contributed by atoms with van der Waals surface area (Å²) in [7, 11) is 0. The van der Waals surface area contributed by atoms with Gasteiger partial charge in [-0.15, -0.1) is 0 Å². The van der Waals surface area contributed by atoms with Crippen LogP contribution in [0, 0.1) is 22.7 Å². The molecule has 0 radical (unpaired) electrons. The lowest BCUT2D eigenvalue weighted by molar-refractivity contribution is -0.160. The van der Waals surface area contributed by atoms with Crippen molar-refractivity contribution < 1.29 is 34.1 Å². The number of amides is 2. The monoisotopic (exact) mass is 561 g/mol. The van der Waals surface area contributed by atoms with Gasteiger partial charge in [-0.2, -0.15) is 0 Å². The van der Waals surface area contributed by atoms with E-state index in [-0.39, 0.29) is 28.8 Å². The fourth-order valence-corrected chi connectivity index (χ4v) is 6.45. The van der Waals surface area contributed by atoms with Gasteiger partial charge >= 0.3 is 12.1 Å². The van der Waals surface area contributed by atoms with Gasteiger partial charge in [0, 0.05) is 25.1 Å². The number of carboxylic acid groups (broad SMARTS) is 1. The van der Waals surface area contributed by atoms with Crippen LogP contribution in [0.4, 0.5) is 4.79 Å². The number of alkyl carbamates (subject to hydrolysis) is 1. The number of Topliss-reactive ketones (excluding diaryl/α,β-unsaturated/α-hetero) is 1. The molecule has 0 aliphatic heterocycles. The van der Waals surface area contributed by atoms with Gasteiger partial charge in [-0.25, -0.2) is 4.79 Å². The lowest BCUT2D eigenvalue weighted by Crippen LogP contribution is -2.65. The van der Waals surface area contributed by atoms with E-state index in [0.717, 1.165) is 0 Å². The number of unbranched alkanes of at least 4 members (excludes halogenated alkanes) is 1. The molecule has 0 aromatic heterocycles. The van der Waals surface area contributed by atoms with Crippen molar-refractivity contribution in [3.63, 3.8) is 0 Å². The number of aliphatic hydroxyl groups excluding tert-OH is 1. The Bertz CT molecular complexity index is 1120. The maximum atomic E-state index is 13.3. The summed E-state index contributed by atoms with van der Waals surface area (Å²) >= 11 is 0. The first kappa shape index (κ1) is 31.6. The SMILES string of the molecule is CC(=NCCCC[C@@]1(C(=O)O)CC2CC21NC(=O)[C@@H](NC(=O)OC(C)(C)C)C(C)C)C1=C(O)CC(C)(C)CC1=O. The summed E-state index contributed by atoms with van der Waals surface area (Å²) in [4.78, 5) is 55.2. The molecule has 0 bridgehead atoms. The predicted octanol–water partition coefficient (Wildman–Crippen LogP) is 4.72. The lowest BCUT2D eigenvalue weighted by Gasteiger charge is -2.47. The maximum Gasteiger partial charge on any atom is 0.408 e. The normalized spacial score (nSPS) is 28.4. The van der Waals surface area contributed by atoms with Crippen molar-refractivity contribution in [3.05, 3.63) is 11.3 Å². The van der Waals surface area contributed by atoms with Gasteiger partial charge in [0.15, 0.2) is 5.78 Å². The average molecular weight is 562 g/mol. The minimum Gasteiger partial charge on any atom is -0.511 e. The zero-order valence-electron chi connectivity index (χ0n) is 25.3. The van der Waals surface area contributed by atoms with Crippen LogP contribution in [0.5, 0.6) is 0 Å². The molecular formula is C30H47N3O7. The molecule has 40 heavy (non-hydrogen) atoms. The summed E-state index contributed by atoms with van der Waals surface area (Å²) in [6.45, 7) is 14.9. The molecule has 2 saturated carbocycles. The highest BCUT2D eigenvalue weighted by atomic mass is 16.6. The van der Waals surface area contributed by atoms with Crippen LogP contribution in [-0.4, -0.2) is 63.4 Å². The van der Waals surface area contributed by atoms with Crippen molar-refractivity contribution >= 4 is 29.5 Å². The largest absolute Gasteiger partial charge is 0.511 e. The van der Waals surface area contributed by atoms with E-state index in [1.807, 2.05) is 27.7 Å². The van der Waals surface area contributed by atoms with E-state index in [0.29, 0.717) is 62.8 Å². The van der Waals surface area contributed by atoms with Crippen molar-refractivity contribution in [2.45, 2.75) is 118 Å². The van der Waals surface area contributed by atoms with Gasteiger partial charge < -0.3 is 25.6 Å². The summed E-state index contributed by atoms with van der Waals surface area (Å²) in [5.74, 6) is -1.46. The molecule has 10 nitrogen and oxygen atoms in total. The van der Waals surface area contributed by atoms with Gasteiger partial charge in [-0.05, 0) is 70.6 Å². The smallest absolute Gasteiger partial charge is 0.408 e. The number of carbonyl (C=O) groups is 4. The Morgan fingerprint density at radius 2 is 1.77 bits per heavy atom. The second-order valence-electron chi connectivity index (χ2n) is 14.0. The third-order valence-electron chi connectivity index (χ3n) is 8.51. The number of carboxylic acids is 1. The first-order valence-electron chi connectivity index (χ1n) is 14.4. The third-order valence-corrected chi connectivity index (χ3v) is 8.51. The van der Waals surface area contributed by atoms with Gasteiger partial charge in [-0.3, -0.25) is 19.4 Å². The Morgan fingerprint density at radius 1 is 1.12 bits per heavy atom. The summed E-state index contributed by atoms with van der Waals surface area (Å²) < 4.78 is 5.31. The number of allylic oxidation sites excluding steroid dienone is 2. The fraction of sp³-hybridized carbons (Fsp3) is 0.767. The Kier molecular flexibility index (Phi) is 8.82. The zero-order chi connectivity index (χ0) is 30.3. The third kappa shape index (κ3) is 6.52. The molecule has 2 amide bonds. The summed E-state index contributed by atoms with van der Waals surface area (Å²) in [6, 6.07) is -0.853. The molecule has 2 unspecified atom stereocenters. The van der Waals surface area contributed by atoms with Crippen LogP contribution in [0.25, 0.3) is 0 Å². The average Bonchev–Trinajstić information content (AvgIpc) is 3.35. The molecule has 4 N–H and O–H groups in total. The molecule has 3 rings (SSSR count). The van der Waals surface area contributed by atoms with E-state index in [1.54, 1.807) is 27.7 Å². The van der Waals surface area contributed by atoms with Gasteiger partial charge in [0.1, 0.15) is 17.4 Å². The van der Waals surface area contributed by atoms with E-state index in [1.165, 1.54) is 0 Å². The Morgan fingerprint density at radius 3 is 2.27 bits per heavy atom.